The van der Waals surface area contributed by atoms with Gasteiger partial charge in [-0.05, 0) is 66.8 Å². The maximum absolute atomic E-state index is 9.94. The standard InChI is InChI=1S/C21H28BN4O2/c1-21-8-12-6-13(9-21)17(14(7-12)10-21)19(26-25-4-5-27)18-15-2-3-23-20(15)24-11-16(18)22-28/h2-3,11-14,17,25,27-28H,4-10H2,1H3,(H,23,24)/b26-19-. The molecule has 0 aliphatic heterocycles. The molecular formula is C21H28BN4O2. The van der Waals surface area contributed by atoms with Crippen LogP contribution in [0.15, 0.2) is 23.6 Å². The van der Waals surface area contributed by atoms with E-state index in [9.17, 15) is 10.1 Å². The lowest BCUT2D eigenvalue weighted by Gasteiger charge is -2.59. The third-order valence-electron chi connectivity index (χ3n) is 7.33. The summed E-state index contributed by atoms with van der Waals surface area (Å²) in [4.78, 5) is 7.62. The van der Waals surface area contributed by atoms with E-state index in [1.807, 2.05) is 12.3 Å². The molecule has 1 radical (unpaired) electrons. The van der Waals surface area contributed by atoms with Crippen LogP contribution in [0.2, 0.25) is 0 Å². The smallest absolute Gasteiger partial charge is 0.329 e. The first-order chi connectivity index (χ1) is 13.6. The van der Waals surface area contributed by atoms with Gasteiger partial charge in [-0.15, -0.1) is 0 Å². The van der Waals surface area contributed by atoms with E-state index in [0.29, 0.717) is 35.2 Å². The molecular weight excluding hydrogens is 351 g/mol. The molecule has 2 aromatic rings. The molecule has 2 unspecified atom stereocenters. The highest BCUT2D eigenvalue weighted by molar-refractivity contribution is 6.49. The fourth-order valence-corrected chi connectivity index (χ4v) is 6.77. The van der Waals surface area contributed by atoms with E-state index in [1.165, 1.54) is 32.1 Å². The van der Waals surface area contributed by atoms with E-state index in [1.54, 1.807) is 6.20 Å². The number of nitrogens with one attached hydrogen (secondary N) is 2. The highest BCUT2D eigenvalue weighted by atomic mass is 16.3. The molecule has 4 bridgehead atoms. The maximum atomic E-state index is 9.94. The topological polar surface area (TPSA) is 93.5 Å². The number of rotatable bonds is 6. The lowest BCUT2D eigenvalue weighted by molar-refractivity contribution is -0.0636. The van der Waals surface area contributed by atoms with Gasteiger partial charge in [0.2, 0.25) is 0 Å². The second kappa shape index (κ2) is 6.88. The fraction of sp³-hybridized carbons (Fsp3) is 0.619. The summed E-state index contributed by atoms with van der Waals surface area (Å²) in [5.74, 6) is 2.52. The summed E-state index contributed by atoms with van der Waals surface area (Å²) in [5.41, 5.74) is 7.08. The van der Waals surface area contributed by atoms with E-state index >= 15 is 0 Å². The minimum atomic E-state index is 0.0450. The van der Waals surface area contributed by atoms with Crippen LogP contribution in [0.5, 0.6) is 0 Å². The van der Waals surface area contributed by atoms with Gasteiger partial charge in [0.05, 0.1) is 18.9 Å². The Morgan fingerprint density at radius 2 is 2.14 bits per heavy atom. The normalized spacial score (nSPS) is 34.2. The Morgan fingerprint density at radius 3 is 2.82 bits per heavy atom. The van der Waals surface area contributed by atoms with Crippen LogP contribution in [0.4, 0.5) is 0 Å². The first-order valence-electron chi connectivity index (χ1n) is 10.5. The molecule has 4 saturated carbocycles. The van der Waals surface area contributed by atoms with Crippen molar-refractivity contribution in [1.29, 1.82) is 0 Å². The molecule has 2 atom stereocenters. The van der Waals surface area contributed by atoms with Crippen molar-refractivity contribution < 1.29 is 10.1 Å². The molecule has 0 saturated heterocycles. The Bertz CT molecular complexity index is 895. The molecule has 28 heavy (non-hydrogen) atoms. The van der Waals surface area contributed by atoms with Crippen molar-refractivity contribution in [1.82, 2.24) is 15.4 Å². The molecule has 4 aliphatic rings. The number of fused-ring (bicyclic) bond motifs is 1. The number of aliphatic hydroxyl groups is 1. The monoisotopic (exact) mass is 379 g/mol. The first kappa shape index (κ1) is 18.2. The summed E-state index contributed by atoms with van der Waals surface area (Å²) in [5, 5.41) is 25.0. The summed E-state index contributed by atoms with van der Waals surface area (Å²) in [6.07, 6.45) is 10.1. The van der Waals surface area contributed by atoms with Gasteiger partial charge < -0.3 is 20.5 Å². The number of aliphatic hydroxyl groups excluding tert-OH is 1. The zero-order valence-corrected chi connectivity index (χ0v) is 16.4. The minimum absolute atomic E-state index is 0.0450. The molecule has 0 aromatic carbocycles. The van der Waals surface area contributed by atoms with Crippen LogP contribution < -0.4 is 10.9 Å². The van der Waals surface area contributed by atoms with E-state index in [0.717, 1.165) is 35.7 Å². The Kier molecular flexibility index (Phi) is 4.47. The van der Waals surface area contributed by atoms with Crippen LogP contribution in [-0.4, -0.2) is 46.4 Å². The number of hydrogen-bond donors (Lipinski definition) is 4. The van der Waals surface area contributed by atoms with Crippen molar-refractivity contribution in [3.8, 4) is 0 Å². The maximum Gasteiger partial charge on any atom is 0.329 e. The fourth-order valence-electron chi connectivity index (χ4n) is 6.77. The van der Waals surface area contributed by atoms with E-state index in [2.05, 4.69) is 22.3 Å². The zero-order chi connectivity index (χ0) is 19.3. The largest absolute Gasteiger partial charge is 0.450 e. The van der Waals surface area contributed by atoms with Gasteiger partial charge >= 0.3 is 7.48 Å². The molecule has 0 amide bonds. The van der Waals surface area contributed by atoms with Crippen molar-refractivity contribution in [2.45, 2.75) is 39.0 Å². The van der Waals surface area contributed by atoms with Gasteiger partial charge in [-0.3, -0.25) is 0 Å². The lowest BCUT2D eigenvalue weighted by atomic mass is 9.45. The quantitative estimate of drug-likeness (QED) is 0.265. The van der Waals surface area contributed by atoms with Gasteiger partial charge in [-0.25, -0.2) is 4.98 Å². The average Bonchev–Trinajstić information content (AvgIpc) is 3.13. The molecule has 7 heteroatoms. The van der Waals surface area contributed by atoms with E-state index in [4.69, 9.17) is 5.10 Å². The second-order valence-corrected chi connectivity index (χ2v) is 9.39. The molecule has 6 nitrogen and oxygen atoms in total. The third kappa shape index (κ3) is 2.87. The molecule has 0 spiro atoms. The lowest BCUT2D eigenvalue weighted by Crippen LogP contribution is -2.53. The van der Waals surface area contributed by atoms with Gasteiger partial charge in [-0.1, -0.05) is 6.92 Å². The van der Waals surface area contributed by atoms with E-state index in [-0.39, 0.29) is 6.61 Å². The van der Waals surface area contributed by atoms with Crippen LogP contribution in [0.1, 0.15) is 44.6 Å². The number of H-pyrrole nitrogens is 1. The van der Waals surface area contributed by atoms with Crippen molar-refractivity contribution >= 4 is 29.7 Å². The number of hydrazone groups is 1. The van der Waals surface area contributed by atoms with Crippen molar-refractivity contribution in [2.75, 3.05) is 13.2 Å². The summed E-state index contributed by atoms with van der Waals surface area (Å²) in [7, 11) is 1.15. The number of aromatic nitrogens is 2. The molecule has 147 valence electrons. The van der Waals surface area contributed by atoms with Gasteiger partial charge in [-0.2, -0.15) is 5.10 Å². The first-order valence-corrected chi connectivity index (χ1v) is 10.5. The summed E-state index contributed by atoms with van der Waals surface area (Å²) in [6.45, 7) is 2.94. The highest BCUT2D eigenvalue weighted by Gasteiger charge is 2.54. The van der Waals surface area contributed by atoms with Crippen LogP contribution in [0.3, 0.4) is 0 Å². The number of aromatic amines is 1. The predicted molar refractivity (Wildman–Crippen MR) is 110 cm³/mol. The Morgan fingerprint density at radius 1 is 1.36 bits per heavy atom. The van der Waals surface area contributed by atoms with Crippen LogP contribution in [0, 0.1) is 29.1 Å². The third-order valence-corrected chi connectivity index (χ3v) is 7.33. The number of hydrogen-bond acceptors (Lipinski definition) is 5. The summed E-state index contributed by atoms with van der Waals surface area (Å²) in [6, 6.07) is 2.02. The molecule has 4 N–H and O–H groups in total. The number of pyridine rings is 1. The summed E-state index contributed by atoms with van der Waals surface area (Å²) < 4.78 is 0. The summed E-state index contributed by atoms with van der Waals surface area (Å²) >= 11 is 0. The van der Waals surface area contributed by atoms with Gasteiger partial charge in [0, 0.05) is 29.3 Å². The van der Waals surface area contributed by atoms with Crippen molar-refractivity contribution in [3.05, 3.63) is 24.0 Å². The Balaban J connectivity index is 1.63. The van der Waals surface area contributed by atoms with Crippen LogP contribution >= 0.6 is 0 Å². The number of nitrogens with zero attached hydrogens (tertiary/aromatic N) is 2. The zero-order valence-electron chi connectivity index (χ0n) is 16.4. The molecule has 2 heterocycles. The van der Waals surface area contributed by atoms with Crippen molar-refractivity contribution in [2.24, 2.45) is 34.2 Å². The van der Waals surface area contributed by atoms with Gasteiger partial charge in [0.15, 0.2) is 0 Å². The SMILES string of the molecule is CC12CC3CC(C1)C(/C(=N/NCCO)c1c([B]O)cnc4[nH]ccc14)C(C3)C2. The second-order valence-electron chi connectivity index (χ2n) is 9.39. The molecule has 4 fully saturated rings. The molecule has 2 aromatic heterocycles. The Hall–Kier alpha value is -1.86. The van der Waals surface area contributed by atoms with E-state index < -0.39 is 0 Å². The molecule has 4 aliphatic carbocycles. The Labute approximate surface area is 166 Å². The highest BCUT2D eigenvalue weighted by Crippen LogP contribution is 2.62. The van der Waals surface area contributed by atoms with Crippen LogP contribution in [0.25, 0.3) is 11.0 Å². The van der Waals surface area contributed by atoms with Gasteiger partial charge in [0.1, 0.15) is 5.65 Å². The van der Waals surface area contributed by atoms with Crippen LogP contribution in [-0.2, 0) is 0 Å². The molecule has 6 rings (SSSR count). The minimum Gasteiger partial charge on any atom is -0.450 e. The van der Waals surface area contributed by atoms with Crippen molar-refractivity contribution in [3.63, 3.8) is 0 Å². The average molecular weight is 379 g/mol. The predicted octanol–water partition coefficient (Wildman–Crippen LogP) is 1.55. The van der Waals surface area contributed by atoms with Gasteiger partial charge in [0.25, 0.3) is 0 Å².